The third-order valence-corrected chi connectivity index (χ3v) is 6.78. The SMILES string of the molecule is CN[C@@H](C)C(=O)N[C@@H](I)C(=O)N1CCC[C@H]1c1nc(C(=O)c2ccc(F)cc2)cs1. The third-order valence-electron chi connectivity index (χ3n) is 4.99. The van der Waals surface area contributed by atoms with Gasteiger partial charge in [0.15, 0.2) is 4.05 Å². The van der Waals surface area contributed by atoms with Crippen molar-refractivity contribution in [2.75, 3.05) is 13.6 Å². The van der Waals surface area contributed by atoms with Gasteiger partial charge in [-0.25, -0.2) is 9.37 Å². The highest BCUT2D eigenvalue weighted by Gasteiger charge is 2.35. The summed E-state index contributed by atoms with van der Waals surface area (Å²) in [5.41, 5.74) is 0.643. The Morgan fingerprint density at radius 3 is 2.67 bits per heavy atom. The number of alkyl halides is 1. The first-order valence-corrected chi connectivity index (χ1v) is 11.6. The number of benzene rings is 1. The fourth-order valence-corrected chi connectivity index (χ4v) is 4.78. The molecular weight excluding hydrogens is 522 g/mol. The first-order chi connectivity index (χ1) is 14.3. The summed E-state index contributed by atoms with van der Waals surface area (Å²) in [5, 5.41) is 7.91. The van der Waals surface area contributed by atoms with Crippen LogP contribution < -0.4 is 10.6 Å². The Morgan fingerprint density at radius 2 is 2.00 bits per heavy atom. The van der Waals surface area contributed by atoms with Crippen molar-refractivity contribution >= 4 is 51.5 Å². The molecule has 0 unspecified atom stereocenters. The molecule has 0 saturated carbocycles. The Labute approximate surface area is 191 Å². The lowest BCUT2D eigenvalue weighted by molar-refractivity contribution is -0.134. The molecule has 0 spiro atoms. The van der Waals surface area contributed by atoms with Gasteiger partial charge in [0.25, 0.3) is 5.91 Å². The second kappa shape index (κ2) is 9.92. The molecule has 2 aromatic rings. The van der Waals surface area contributed by atoms with Gasteiger partial charge in [-0.1, -0.05) is 0 Å². The topological polar surface area (TPSA) is 91.4 Å². The van der Waals surface area contributed by atoms with Gasteiger partial charge in [0.1, 0.15) is 16.5 Å². The zero-order chi connectivity index (χ0) is 21.8. The lowest BCUT2D eigenvalue weighted by Gasteiger charge is -2.26. The molecule has 0 radical (unpaired) electrons. The standard InChI is InChI=1S/C20H22FIN4O3S/c1-11(23-2)18(28)25-17(22)20(29)26-9-3-4-15(26)19-24-14(10-30-19)16(27)12-5-7-13(21)8-6-12/h5-8,10-11,15,17,23H,3-4,9H2,1-2H3,(H,25,28)/t11-,15-,17+/m0/s1. The molecule has 3 rings (SSSR count). The van der Waals surface area contributed by atoms with Gasteiger partial charge in [-0.05, 0) is 73.7 Å². The normalized spacial score (nSPS) is 18.1. The van der Waals surface area contributed by atoms with Crippen molar-refractivity contribution in [3.8, 4) is 0 Å². The monoisotopic (exact) mass is 544 g/mol. The van der Waals surface area contributed by atoms with Gasteiger partial charge < -0.3 is 15.5 Å². The van der Waals surface area contributed by atoms with Crippen molar-refractivity contribution in [3.05, 3.63) is 51.7 Å². The number of thiazole rings is 1. The van der Waals surface area contributed by atoms with Crippen molar-refractivity contribution in [3.63, 3.8) is 0 Å². The lowest BCUT2D eigenvalue weighted by atomic mass is 10.1. The van der Waals surface area contributed by atoms with Crippen LogP contribution in [0.4, 0.5) is 4.39 Å². The average Bonchev–Trinajstić information content (AvgIpc) is 3.41. The number of likely N-dealkylation sites (tertiary alicyclic amines) is 1. The van der Waals surface area contributed by atoms with E-state index in [4.69, 9.17) is 0 Å². The number of ketones is 1. The van der Waals surface area contributed by atoms with Crippen molar-refractivity contribution in [1.82, 2.24) is 20.5 Å². The van der Waals surface area contributed by atoms with Crippen molar-refractivity contribution in [2.45, 2.75) is 35.9 Å². The maximum Gasteiger partial charge on any atom is 0.256 e. The molecule has 2 amide bonds. The van der Waals surface area contributed by atoms with E-state index in [-0.39, 0.29) is 29.3 Å². The summed E-state index contributed by atoms with van der Waals surface area (Å²) in [5.74, 6) is -1.12. The van der Waals surface area contributed by atoms with Crippen molar-refractivity contribution in [2.24, 2.45) is 0 Å². The number of hydrogen-bond acceptors (Lipinski definition) is 6. The van der Waals surface area contributed by atoms with E-state index in [0.29, 0.717) is 17.1 Å². The van der Waals surface area contributed by atoms with Crippen LogP contribution >= 0.6 is 33.9 Å². The van der Waals surface area contributed by atoms with E-state index in [0.717, 1.165) is 12.8 Å². The number of nitrogens with zero attached hydrogens (tertiary/aromatic N) is 2. The van der Waals surface area contributed by atoms with Gasteiger partial charge >= 0.3 is 0 Å². The average molecular weight is 544 g/mol. The maximum atomic E-state index is 13.1. The predicted molar refractivity (Wildman–Crippen MR) is 120 cm³/mol. The highest BCUT2D eigenvalue weighted by atomic mass is 127. The molecule has 1 saturated heterocycles. The summed E-state index contributed by atoms with van der Waals surface area (Å²) >= 11 is 3.25. The van der Waals surface area contributed by atoms with Crippen LogP contribution in [0, 0.1) is 5.82 Å². The Morgan fingerprint density at radius 1 is 1.30 bits per heavy atom. The summed E-state index contributed by atoms with van der Waals surface area (Å²) in [6, 6.07) is 4.70. The zero-order valence-corrected chi connectivity index (χ0v) is 19.5. The Hall–Kier alpha value is -1.92. The van der Waals surface area contributed by atoms with Crippen molar-refractivity contribution < 1.29 is 18.8 Å². The third kappa shape index (κ3) is 5.03. The quantitative estimate of drug-likeness (QED) is 0.242. The fraction of sp³-hybridized carbons (Fsp3) is 0.400. The van der Waals surface area contributed by atoms with Gasteiger partial charge in [0, 0.05) is 17.5 Å². The highest BCUT2D eigenvalue weighted by molar-refractivity contribution is 14.1. The molecular formula is C20H22FIN4O3S. The second-order valence-electron chi connectivity index (χ2n) is 6.98. The fourth-order valence-electron chi connectivity index (χ4n) is 3.17. The molecule has 1 fully saturated rings. The lowest BCUT2D eigenvalue weighted by Crippen LogP contribution is -2.49. The molecule has 3 atom stereocenters. The van der Waals surface area contributed by atoms with Gasteiger partial charge in [-0.2, -0.15) is 0 Å². The summed E-state index contributed by atoms with van der Waals surface area (Å²) in [7, 11) is 1.68. The molecule has 0 bridgehead atoms. The van der Waals surface area contributed by atoms with Gasteiger partial charge in [0.2, 0.25) is 11.7 Å². The van der Waals surface area contributed by atoms with E-state index in [9.17, 15) is 18.8 Å². The molecule has 0 aliphatic carbocycles. The number of halogens is 2. The van der Waals surface area contributed by atoms with E-state index in [1.54, 1.807) is 24.3 Å². The number of nitrogens with one attached hydrogen (secondary N) is 2. The Kier molecular flexibility index (Phi) is 7.53. The first-order valence-electron chi connectivity index (χ1n) is 9.49. The Bertz CT molecular complexity index is 936. The van der Waals surface area contributed by atoms with Crippen LogP contribution in [0.3, 0.4) is 0 Å². The smallest absolute Gasteiger partial charge is 0.256 e. The molecule has 2 heterocycles. The van der Waals surface area contributed by atoms with E-state index in [1.165, 1.54) is 35.6 Å². The minimum absolute atomic E-state index is 0.184. The molecule has 10 heteroatoms. The summed E-state index contributed by atoms with van der Waals surface area (Å²) in [4.78, 5) is 43.8. The van der Waals surface area contributed by atoms with Gasteiger partial charge in [-0.3, -0.25) is 14.4 Å². The van der Waals surface area contributed by atoms with Gasteiger partial charge in [0.05, 0.1) is 12.1 Å². The number of hydrogen-bond donors (Lipinski definition) is 2. The van der Waals surface area contributed by atoms with Crippen LogP contribution in [0.15, 0.2) is 29.6 Å². The number of aromatic nitrogens is 1. The summed E-state index contributed by atoms with van der Waals surface area (Å²) in [6.45, 7) is 2.29. The zero-order valence-electron chi connectivity index (χ0n) is 16.5. The van der Waals surface area contributed by atoms with Crippen LogP contribution in [0.5, 0.6) is 0 Å². The molecule has 1 aromatic heterocycles. The van der Waals surface area contributed by atoms with Crippen LogP contribution in [0.25, 0.3) is 0 Å². The molecule has 1 aromatic carbocycles. The highest BCUT2D eigenvalue weighted by Crippen LogP contribution is 2.35. The van der Waals surface area contributed by atoms with E-state index in [2.05, 4.69) is 15.6 Å². The molecule has 7 nitrogen and oxygen atoms in total. The number of rotatable bonds is 7. The predicted octanol–water partition coefficient (Wildman–Crippen LogP) is 2.66. The van der Waals surface area contributed by atoms with Crippen LogP contribution in [-0.2, 0) is 9.59 Å². The van der Waals surface area contributed by atoms with Crippen LogP contribution in [0.2, 0.25) is 0 Å². The number of amides is 2. The maximum absolute atomic E-state index is 13.1. The molecule has 160 valence electrons. The number of carbonyl (C=O) groups excluding carboxylic acids is 3. The molecule has 30 heavy (non-hydrogen) atoms. The van der Waals surface area contributed by atoms with E-state index in [1.807, 2.05) is 22.6 Å². The van der Waals surface area contributed by atoms with Gasteiger partial charge in [-0.15, -0.1) is 11.3 Å². The van der Waals surface area contributed by atoms with Crippen molar-refractivity contribution in [1.29, 1.82) is 0 Å². The summed E-state index contributed by atoms with van der Waals surface area (Å²) in [6.07, 6.45) is 1.56. The van der Waals surface area contributed by atoms with Crippen LogP contribution in [-0.4, -0.2) is 51.2 Å². The second-order valence-corrected chi connectivity index (χ2v) is 9.11. The Balaban J connectivity index is 1.71. The number of carbonyl (C=O) groups is 3. The first kappa shape index (κ1) is 22.8. The largest absolute Gasteiger partial charge is 0.335 e. The minimum Gasteiger partial charge on any atom is -0.335 e. The van der Waals surface area contributed by atoms with E-state index < -0.39 is 15.9 Å². The molecule has 1 aliphatic rings. The van der Waals surface area contributed by atoms with Crippen LogP contribution in [0.1, 0.15) is 46.9 Å². The molecule has 2 N–H and O–H groups in total. The molecule has 1 aliphatic heterocycles. The summed E-state index contributed by atoms with van der Waals surface area (Å²) < 4.78 is 12.4. The number of likely N-dealkylation sites (N-methyl/N-ethyl adjacent to an activating group) is 1. The minimum atomic E-state index is -0.688. The van der Waals surface area contributed by atoms with E-state index >= 15 is 0 Å².